The van der Waals surface area contributed by atoms with Gasteiger partial charge in [-0.25, -0.2) is 4.79 Å². The molecule has 0 spiro atoms. The van der Waals surface area contributed by atoms with Crippen LogP contribution in [0, 0.1) is 5.41 Å². The number of carbonyl (C=O) groups excluding carboxylic acids is 4. The first-order valence-corrected chi connectivity index (χ1v) is 11.6. The molecule has 15 heteroatoms. The quantitative estimate of drug-likeness (QED) is 0.327. The van der Waals surface area contributed by atoms with Crippen molar-refractivity contribution in [1.29, 1.82) is 5.41 Å². The fourth-order valence-electron chi connectivity index (χ4n) is 4.16. The van der Waals surface area contributed by atoms with Crippen molar-refractivity contribution in [3.05, 3.63) is 11.7 Å². The molecule has 0 saturated carbocycles. The van der Waals surface area contributed by atoms with Gasteiger partial charge >= 0.3 is 23.9 Å². The lowest BCUT2D eigenvalue weighted by Gasteiger charge is -2.42. The number of piperidine rings is 1. The van der Waals surface area contributed by atoms with Crippen molar-refractivity contribution in [2.45, 2.75) is 70.7 Å². The van der Waals surface area contributed by atoms with Crippen LogP contribution in [0.4, 0.5) is 11.6 Å². The molecule has 0 aromatic carbocycles. The summed E-state index contributed by atoms with van der Waals surface area (Å²) in [5.41, 5.74) is 5.75. The predicted octanol–water partition coefficient (Wildman–Crippen LogP) is -0.943. The second-order valence-corrected chi connectivity index (χ2v) is 8.48. The zero-order valence-corrected chi connectivity index (χ0v) is 21.0. The molecule has 2 aliphatic heterocycles. The molecule has 5 atom stereocenters. The van der Waals surface area contributed by atoms with Crippen LogP contribution in [-0.2, 0) is 42.9 Å². The van der Waals surface area contributed by atoms with Crippen LogP contribution < -0.4 is 21.1 Å². The number of hydrogen-bond acceptors (Lipinski definition) is 14. The Hall–Kier alpha value is -3.88. The number of nitrogen functional groups attached to an aromatic ring is 1. The van der Waals surface area contributed by atoms with E-state index in [1.165, 1.54) is 6.07 Å². The molecule has 37 heavy (non-hydrogen) atoms. The van der Waals surface area contributed by atoms with Crippen LogP contribution in [0.15, 0.2) is 6.07 Å². The number of aromatic nitrogens is 2. The van der Waals surface area contributed by atoms with Crippen LogP contribution in [0.5, 0.6) is 0 Å². The number of methoxy groups -OCH3 is 1. The molecule has 3 N–H and O–H groups in total. The van der Waals surface area contributed by atoms with E-state index >= 15 is 0 Å². The van der Waals surface area contributed by atoms with E-state index in [1.807, 2.05) is 4.90 Å². The number of ether oxygens (including phenoxy) is 5. The highest BCUT2D eigenvalue weighted by molar-refractivity contribution is 5.77. The maximum Gasteiger partial charge on any atom is 0.339 e. The summed E-state index contributed by atoms with van der Waals surface area (Å²) in [6.07, 6.45) is -4.87. The molecule has 0 radical (unpaired) electrons. The van der Waals surface area contributed by atoms with E-state index in [4.69, 9.17) is 39.7 Å². The lowest BCUT2D eigenvalue weighted by Crippen LogP contribution is -2.65. The van der Waals surface area contributed by atoms with Gasteiger partial charge in [-0.3, -0.25) is 19.8 Å². The average Bonchev–Trinajstić information content (AvgIpc) is 2.83. The van der Waals surface area contributed by atoms with Gasteiger partial charge in [-0.2, -0.15) is 4.98 Å². The standard InChI is InChI=1S/C22H31N5O10/c1-11(28)33-16-17(34-12(2)29)19(35-13(3)30)21(36-18(16)20(31)32-4)37-27-14(23)10-15(25-22(27)24)26-8-6-5-7-9-26/h10,16-19,21,24H,5-9,23H2,1-4H3/t16-,17-,18-,19+,21-/m0/s1. The summed E-state index contributed by atoms with van der Waals surface area (Å²) in [7, 11) is 1.07. The van der Waals surface area contributed by atoms with Gasteiger partial charge in [-0.15, -0.1) is 4.73 Å². The SMILES string of the molecule is COC(=O)[C@H]1O[C@@H](On2c(N)cc(N3CCCCC3)nc2=N)[C@H](OC(C)=O)[C@@H](OC(C)=O)[C@@H]1OC(C)=O. The van der Waals surface area contributed by atoms with Gasteiger partial charge in [0.1, 0.15) is 11.6 Å². The van der Waals surface area contributed by atoms with E-state index in [1.54, 1.807) is 0 Å². The minimum absolute atomic E-state index is 0.0356. The molecule has 0 bridgehead atoms. The Morgan fingerprint density at radius 3 is 2.08 bits per heavy atom. The van der Waals surface area contributed by atoms with Crippen LogP contribution in [0.1, 0.15) is 40.0 Å². The van der Waals surface area contributed by atoms with Crippen molar-refractivity contribution in [3.63, 3.8) is 0 Å². The predicted molar refractivity (Wildman–Crippen MR) is 122 cm³/mol. The largest absolute Gasteiger partial charge is 0.467 e. The monoisotopic (exact) mass is 525 g/mol. The number of nitrogens with zero attached hydrogens (tertiary/aromatic N) is 3. The Morgan fingerprint density at radius 1 is 0.973 bits per heavy atom. The molecule has 3 heterocycles. The molecule has 204 valence electrons. The van der Waals surface area contributed by atoms with Crippen LogP contribution in [0.2, 0.25) is 0 Å². The number of hydrogen-bond donors (Lipinski definition) is 2. The highest BCUT2D eigenvalue weighted by atomic mass is 16.8. The molecule has 1 aromatic rings. The van der Waals surface area contributed by atoms with Crippen LogP contribution in [0.25, 0.3) is 0 Å². The Bertz CT molecular complexity index is 1090. The summed E-state index contributed by atoms with van der Waals surface area (Å²) in [6.45, 7) is 4.76. The molecule has 2 saturated heterocycles. The molecular weight excluding hydrogens is 494 g/mol. The van der Waals surface area contributed by atoms with Crippen molar-refractivity contribution < 1.29 is 47.7 Å². The van der Waals surface area contributed by atoms with Crippen molar-refractivity contribution >= 4 is 35.5 Å². The van der Waals surface area contributed by atoms with Crippen molar-refractivity contribution in [1.82, 2.24) is 9.71 Å². The van der Waals surface area contributed by atoms with Crippen molar-refractivity contribution in [3.8, 4) is 0 Å². The third-order valence-electron chi connectivity index (χ3n) is 5.65. The Labute approximate surface area is 212 Å². The summed E-state index contributed by atoms with van der Waals surface area (Å²) in [5, 5.41) is 8.37. The van der Waals surface area contributed by atoms with Crippen molar-refractivity contribution in [2.24, 2.45) is 0 Å². The number of esters is 4. The molecule has 0 aliphatic carbocycles. The summed E-state index contributed by atoms with van der Waals surface area (Å²) in [5.74, 6) is -3.01. The van der Waals surface area contributed by atoms with E-state index in [0.717, 1.165) is 65.0 Å². The normalized spacial score (nSPS) is 25.5. The minimum Gasteiger partial charge on any atom is -0.467 e. The van der Waals surface area contributed by atoms with Gasteiger partial charge < -0.3 is 39.2 Å². The molecule has 0 amide bonds. The van der Waals surface area contributed by atoms with Gasteiger partial charge in [-0.05, 0) is 19.3 Å². The number of anilines is 2. The smallest absolute Gasteiger partial charge is 0.339 e. The Kier molecular flexibility index (Phi) is 8.91. The first-order valence-electron chi connectivity index (χ1n) is 11.6. The van der Waals surface area contributed by atoms with E-state index < -0.39 is 60.2 Å². The molecular formula is C22H31N5O10. The van der Waals surface area contributed by atoms with Crippen LogP contribution in [0.3, 0.4) is 0 Å². The number of carbonyl (C=O) groups is 4. The van der Waals surface area contributed by atoms with Gasteiger partial charge in [0.15, 0.2) is 18.3 Å². The molecule has 2 fully saturated rings. The molecule has 2 aliphatic rings. The van der Waals surface area contributed by atoms with Gasteiger partial charge in [0.05, 0.1) is 7.11 Å². The van der Waals surface area contributed by atoms with Gasteiger partial charge in [-0.1, -0.05) is 0 Å². The van der Waals surface area contributed by atoms with Gasteiger partial charge in [0.25, 0.3) is 11.9 Å². The second kappa shape index (κ2) is 11.9. The highest BCUT2D eigenvalue weighted by Crippen LogP contribution is 2.29. The number of nitrogens with two attached hydrogens (primary N) is 1. The van der Waals surface area contributed by atoms with Gasteiger partial charge in [0, 0.05) is 39.9 Å². The summed E-state index contributed by atoms with van der Waals surface area (Å²) < 4.78 is 27.1. The Morgan fingerprint density at radius 2 is 1.54 bits per heavy atom. The number of nitrogens with one attached hydrogen (secondary N) is 1. The topological polar surface area (TPSA) is 195 Å². The van der Waals surface area contributed by atoms with Crippen LogP contribution in [-0.4, -0.2) is 84.5 Å². The fraction of sp³-hybridized carbons (Fsp3) is 0.636. The Balaban J connectivity index is 2.01. The lowest BCUT2D eigenvalue weighted by atomic mass is 9.98. The average molecular weight is 526 g/mol. The zero-order valence-electron chi connectivity index (χ0n) is 21.0. The molecule has 0 unspecified atom stereocenters. The van der Waals surface area contributed by atoms with E-state index in [2.05, 4.69) is 4.98 Å². The third-order valence-corrected chi connectivity index (χ3v) is 5.65. The first-order chi connectivity index (χ1) is 17.5. The highest BCUT2D eigenvalue weighted by Gasteiger charge is 2.56. The van der Waals surface area contributed by atoms with Crippen LogP contribution >= 0.6 is 0 Å². The van der Waals surface area contributed by atoms with E-state index in [-0.39, 0.29) is 5.82 Å². The molecule has 15 nitrogen and oxygen atoms in total. The minimum atomic E-state index is -1.66. The maximum atomic E-state index is 12.5. The molecule has 3 rings (SSSR count). The van der Waals surface area contributed by atoms with E-state index in [0.29, 0.717) is 5.82 Å². The van der Waals surface area contributed by atoms with Crippen molar-refractivity contribution in [2.75, 3.05) is 30.8 Å². The summed E-state index contributed by atoms with van der Waals surface area (Å²) >= 11 is 0. The fourth-order valence-corrected chi connectivity index (χ4v) is 4.16. The second-order valence-electron chi connectivity index (χ2n) is 8.48. The van der Waals surface area contributed by atoms with E-state index in [9.17, 15) is 19.2 Å². The number of rotatable bonds is 7. The zero-order chi connectivity index (χ0) is 27.3. The summed E-state index contributed by atoms with van der Waals surface area (Å²) in [4.78, 5) is 60.2. The van der Waals surface area contributed by atoms with Gasteiger partial charge in [0.2, 0.25) is 6.10 Å². The first kappa shape index (κ1) is 27.7. The molecule has 1 aromatic heterocycles. The summed E-state index contributed by atoms with van der Waals surface area (Å²) in [6, 6.07) is 1.51. The third kappa shape index (κ3) is 6.67. The maximum absolute atomic E-state index is 12.5. The lowest BCUT2D eigenvalue weighted by molar-refractivity contribution is -0.301.